The maximum Gasteiger partial charge on any atom is 0.252 e. The molecule has 22 heavy (non-hydrogen) atoms. The second kappa shape index (κ2) is 7.22. The van der Waals surface area contributed by atoms with Gasteiger partial charge in [0.25, 0.3) is 5.88 Å². The average Bonchev–Trinajstić information content (AvgIpc) is 2.45. The lowest BCUT2D eigenvalue weighted by atomic mass is 10.2. The highest BCUT2D eigenvalue weighted by molar-refractivity contribution is 9.10. The van der Waals surface area contributed by atoms with Gasteiger partial charge in [0.1, 0.15) is 0 Å². The number of anilines is 2. The fourth-order valence-electron chi connectivity index (χ4n) is 1.77. The highest BCUT2D eigenvalue weighted by Crippen LogP contribution is 2.24. The lowest BCUT2D eigenvalue weighted by molar-refractivity contribution is -0.114. The SMILES string of the molecule is CC(=O)Nc1nc(OCCc2ccc(Br)cc2)c(F)cc1N. The molecule has 0 saturated carbocycles. The van der Waals surface area contributed by atoms with Crippen LogP contribution < -0.4 is 15.8 Å². The Bertz CT molecular complexity index is 677. The first-order valence-electron chi connectivity index (χ1n) is 6.56. The van der Waals surface area contributed by atoms with E-state index in [0.29, 0.717) is 6.42 Å². The van der Waals surface area contributed by atoms with Crippen LogP contribution in [0, 0.1) is 5.82 Å². The maximum atomic E-state index is 13.8. The summed E-state index contributed by atoms with van der Waals surface area (Å²) in [5, 5.41) is 2.43. The van der Waals surface area contributed by atoms with Crippen molar-refractivity contribution in [3.63, 3.8) is 0 Å². The van der Waals surface area contributed by atoms with Crippen LogP contribution in [-0.2, 0) is 11.2 Å². The van der Waals surface area contributed by atoms with Gasteiger partial charge in [0.05, 0.1) is 12.3 Å². The minimum atomic E-state index is -0.664. The number of aromatic nitrogens is 1. The number of halogens is 2. The molecule has 0 aliphatic rings. The molecule has 5 nitrogen and oxygen atoms in total. The number of rotatable bonds is 5. The van der Waals surface area contributed by atoms with Crippen LogP contribution in [0.2, 0.25) is 0 Å². The Kier molecular flexibility index (Phi) is 5.32. The Morgan fingerprint density at radius 1 is 1.41 bits per heavy atom. The fourth-order valence-corrected chi connectivity index (χ4v) is 2.04. The summed E-state index contributed by atoms with van der Waals surface area (Å²) in [4.78, 5) is 14.9. The molecule has 116 valence electrons. The highest BCUT2D eigenvalue weighted by Gasteiger charge is 2.12. The molecule has 1 heterocycles. The minimum absolute atomic E-state index is 0.0490. The number of benzene rings is 1. The molecule has 0 aliphatic carbocycles. The molecule has 0 fully saturated rings. The van der Waals surface area contributed by atoms with Crippen molar-refractivity contribution in [2.24, 2.45) is 0 Å². The number of ether oxygens (including phenoxy) is 1. The number of amides is 1. The van der Waals surface area contributed by atoms with E-state index in [4.69, 9.17) is 10.5 Å². The molecule has 1 aromatic carbocycles. The number of nitrogens with two attached hydrogens (primary N) is 1. The molecular formula is C15H15BrFN3O2. The van der Waals surface area contributed by atoms with E-state index in [9.17, 15) is 9.18 Å². The number of hydrogen-bond acceptors (Lipinski definition) is 4. The summed E-state index contributed by atoms with van der Waals surface area (Å²) in [6.07, 6.45) is 0.605. The molecule has 1 amide bonds. The molecule has 7 heteroatoms. The third kappa shape index (κ3) is 4.42. The molecule has 0 radical (unpaired) electrons. The van der Waals surface area contributed by atoms with E-state index in [2.05, 4.69) is 26.2 Å². The number of carbonyl (C=O) groups is 1. The number of nitrogens with zero attached hydrogens (tertiary/aromatic N) is 1. The molecule has 0 saturated heterocycles. The van der Waals surface area contributed by atoms with Crippen molar-refractivity contribution < 1.29 is 13.9 Å². The van der Waals surface area contributed by atoms with E-state index in [1.165, 1.54) is 6.92 Å². The van der Waals surface area contributed by atoms with Gasteiger partial charge in [-0.05, 0) is 17.7 Å². The Labute approximate surface area is 135 Å². The zero-order valence-corrected chi connectivity index (χ0v) is 13.5. The van der Waals surface area contributed by atoms with Crippen LogP contribution in [0.15, 0.2) is 34.8 Å². The van der Waals surface area contributed by atoms with E-state index in [1.807, 2.05) is 24.3 Å². The van der Waals surface area contributed by atoms with Gasteiger partial charge in [-0.25, -0.2) is 4.39 Å². The summed E-state index contributed by atoms with van der Waals surface area (Å²) >= 11 is 3.36. The van der Waals surface area contributed by atoms with Crippen molar-refractivity contribution in [2.45, 2.75) is 13.3 Å². The van der Waals surface area contributed by atoms with Crippen molar-refractivity contribution in [1.82, 2.24) is 4.98 Å². The molecule has 1 aromatic heterocycles. The van der Waals surface area contributed by atoms with Gasteiger partial charge in [-0.15, -0.1) is 0 Å². The Morgan fingerprint density at radius 3 is 2.73 bits per heavy atom. The number of pyridine rings is 1. The Morgan fingerprint density at radius 2 is 2.09 bits per heavy atom. The van der Waals surface area contributed by atoms with Crippen LogP contribution in [0.4, 0.5) is 15.9 Å². The van der Waals surface area contributed by atoms with Crippen LogP contribution >= 0.6 is 15.9 Å². The third-order valence-corrected chi connectivity index (χ3v) is 3.34. The molecule has 0 atom stereocenters. The van der Waals surface area contributed by atoms with Gasteiger partial charge in [-0.1, -0.05) is 28.1 Å². The van der Waals surface area contributed by atoms with E-state index < -0.39 is 5.82 Å². The van der Waals surface area contributed by atoms with Crippen molar-refractivity contribution >= 4 is 33.3 Å². The third-order valence-electron chi connectivity index (χ3n) is 2.81. The van der Waals surface area contributed by atoms with Crippen LogP contribution in [0.25, 0.3) is 0 Å². The van der Waals surface area contributed by atoms with Crippen LogP contribution in [-0.4, -0.2) is 17.5 Å². The van der Waals surface area contributed by atoms with E-state index in [0.717, 1.165) is 16.1 Å². The maximum absolute atomic E-state index is 13.8. The molecule has 0 bridgehead atoms. The van der Waals surface area contributed by atoms with Crippen LogP contribution in [0.3, 0.4) is 0 Å². The summed E-state index contributed by atoms with van der Waals surface area (Å²) < 4.78 is 20.1. The normalized spacial score (nSPS) is 10.3. The zero-order valence-electron chi connectivity index (χ0n) is 11.9. The molecule has 0 unspecified atom stereocenters. The van der Waals surface area contributed by atoms with Gasteiger partial charge in [-0.3, -0.25) is 4.79 Å². The largest absolute Gasteiger partial charge is 0.475 e. The predicted octanol–water partition coefficient (Wildman–Crippen LogP) is 3.15. The van der Waals surface area contributed by atoms with Crippen LogP contribution in [0.1, 0.15) is 12.5 Å². The quantitative estimate of drug-likeness (QED) is 0.850. The van der Waals surface area contributed by atoms with Crippen LogP contribution in [0.5, 0.6) is 5.88 Å². The first-order chi connectivity index (χ1) is 10.5. The smallest absolute Gasteiger partial charge is 0.252 e. The first kappa shape index (κ1) is 16.2. The molecule has 0 aliphatic heterocycles. The predicted molar refractivity (Wildman–Crippen MR) is 86.3 cm³/mol. The standard InChI is InChI=1S/C15H15BrFN3O2/c1-9(21)19-14-13(18)8-12(17)15(20-14)22-7-6-10-2-4-11(16)5-3-10/h2-5,8H,6-7,18H2,1H3,(H,19,20,21). The minimum Gasteiger partial charge on any atom is -0.475 e. The summed E-state index contributed by atoms with van der Waals surface area (Å²) in [5.74, 6) is -1.10. The second-order valence-electron chi connectivity index (χ2n) is 4.62. The number of nitrogens with one attached hydrogen (secondary N) is 1. The fraction of sp³-hybridized carbons (Fsp3) is 0.200. The van der Waals surface area contributed by atoms with Gasteiger partial charge in [0.2, 0.25) is 5.91 Å². The molecule has 0 spiro atoms. The number of hydrogen-bond donors (Lipinski definition) is 2. The summed E-state index contributed by atoms with van der Waals surface area (Å²) in [5.41, 5.74) is 6.70. The Balaban J connectivity index is 2.02. The summed E-state index contributed by atoms with van der Waals surface area (Å²) in [6, 6.07) is 8.82. The van der Waals surface area contributed by atoms with Crippen molar-refractivity contribution in [3.05, 3.63) is 46.2 Å². The van der Waals surface area contributed by atoms with E-state index in [1.54, 1.807) is 0 Å². The highest BCUT2D eigenvalue weighted by atomic mass is 79.9. The van der Waals surface area contributed by atoms with E-state index >= 15 is 0 Å². The van der Waals surface area contributed by atoms with Gasteiger partial charge >= 0.3 is 0 Å². The van der Waals surface area contributed by atoms with Gasteiger partial charge in [0.15, 0.2) is 11.6 Å². The number of carbonyl (C=O) groups excluding carboxylic acids is 1. The first-order valence-corrected chi connectivity index (χ1v) is 7.36. The topological polar surface area (TPSA) is 77.2 Å². The Hall–Kier alpha value is -2.15. The molecule has 2 aromatic rings. The van der Waals surface area contributed by atoms with Crippen molar-refractivity contribution in [2.75, 3.05) is 17.7 Å². The zero-order chi connectivity index (χ0) is 16.1. The lowest BCUT2D eigenvalue weighted by Crippen LogP contribution is -2.12. The average molecular weight is 368 g/mol. The molecular weight excluding hydrogens is 353 g/mol. The number of nitrogen functional groups attached to an aromatic ring is 1. The van der Waals surface area contributed by atoms with Crippen molar-refractivity contribution in [3.8, 4) is 5.88 Å². The second-order valence-corrected chi connectivity index (χ2v) is 5.53. The summed E-state index contributed by atoms with van der Waals surface area (Å²) in [6.45, 7) is 1.58. The van der Waals surface area contributed by atoms with Gasteiger partial charge in [0, 0.05) is 23.9 Å². The molecule has 2 rings (SSSR count). The monoisotopic (exact) mass is 367 g/mol. The van der Waals surface area contributed by atoms with Crippen molar-refractivity contribution in [1.29, 1.82) is 0 Å². The molecule has 3 N–H and O–H groups in total. The lowest BCUT2D eigenvalue weighted by Gasteiger charge is -2.10. The van der Waals surface area contributed by atoms with E-state index in [-0.39, 0.29) is 29.9 Å². The van der Waals surface area contributed by atoms with Gasteiger partial charge in [-0.2, -0.15) is 4.98 Å². The van der Waals surface area contributed by atoms with Gasteiger partial charge < -0.3 is 15.8 Å². The summed E-state index contributed by atoms with van der Waals surface area (Å²) in [7, 11) is 0.